The van der Waals surface area contributed by atoms with E-state index in [1.165, 1.54) is 29.4 Å². The standard InChI is InChI=1S/C23H28N4O5S2/c1-14-20(12-21(28)27-15-4-5-15)33-23(26-14)34-22-16-10-18(31-8-6-29-2)19(32-9-7-30-3)11-17(16)24-13-25-22/h10-11,13,15H,4-9,12H2,1-3H3,(H,27,28). The number of methoxy groups -OCH3 is 2. The molecule has 0 bridgehead atoms. The van der Waals surface area contributed by atoms with Crippen molar-refractivity contribution in [3.63, 3.8) is 0 Å². The van der Waals surface area contributed by atoms with Crippen LogP contribution in [0.25, 0.3) is 10.9 Å². The molecular formula is C23H28N4O5S2. The highest BCUT2D eigenvalue weighted by Crippen LogP contribution is 2.39. The minimum atomic E-state index is 0.0529. The molecule has 0 saturated heterocycles. The summed E-state index contributed by atoms with van der Waals surface area (Å²) in [4.78, 5) is 26.8. The van der Waals surface area contributed by atoms with Crippen LogP contribution in [-0.2, 0) is 20.7 Å². The Morgan fingerprint density at radius 1 is 1.09 bits per heavy atom. The minimum absolute atomic E-state index is 0.0529. The number of hydrogen-bond donors (Lipinski definition) is 1. The lowest BCUT2D eigenvalue weighted by Gasteiger charge is -2.14. The summed E-state index contributed by atoms with van der Waals surface area (Å²) >= 11 is 2.97. The van der Waals surface area contributed by atoms with Gasteiger partial charge < -0.3 is 24.3 Å². The van der Waals surface area contributed by atoms with Gasteiger partial charge in [0.25, 0.3) is 0 Å². The van der Waals surface area contributed by atoms with Gasteiger partial charge in [0.05, 0.1) is 30.8 Å². The second-order valence-corrected chi connectivity index (χ2v) is 10.1. The number of carbonyl (C=O) groups excluding carboxylic acids is 1. The largest absolute Gasteiger partial charge is 0.487 e. The van der Waals surface area contributed by atoms with Crippen molar-refractivity contribution in [1.82, 2.24) is 20.3 Å². The van der Waals surface area contributed by atoms with Crippen LogP contribution in [0.5, 0.6) is 11.5 Å². The first-order valence-electron chi connectivity index (χ1n) is 11.0. The number of benzene rings is 1. The number of amides is 1. The molecule has 2 heterocycles. The Hall–Kier alpha value is -2.47. The Balaban J connectivity index is 1.56. The fourth-order valence-electron chi connectivity index (χ4n) is 3.16. The van der Waals surface area contributed by atoms with E-state index >= 15 is 0 Å². The highest BCUT2D eigenvalue weighted by molar-refractivity contribution is 8.01. The third-order valence-corrected chi connectivity index (χ3v) is 7.31. The molecule has 0 radical (unpaired) electrons. The van der Waals surface area contributed by atoms with Crippen LogP contribution < -0.4 is 14.8 Å². The molecule has 2 aromatic heterocycles. The van der Waals surface area contributed by atoms with Gasteiger partial charge in [-0.15, -0.1) is 11.3 Å². The molecule has 1 aliphatic carbocycles. The van der Waals surface area contributed by atoms with Crippen LogP contribution in [0.3, 0.4) is 0 Å². The van der Waals surface area contributed by atoms with E-state index in [0.29, 0.717) is 50.4 Å². The fraction of sp³-hybridized carbons (Fsp3) is 0.478. The van der Waals surface area contributed by atoms with Crippen LogP contribution in [0, 0.1) is 6.92 Å². The molecule has 1 amide bonds. The van der Waals surface area contributed by atoms with Crippen LogP contribution in [0.4, 0.5) is 0 Å². The molecule has 34 heavy (non-hydrogen) atoms. The molecule has 11 heteroatoms. The highest BCUT2D eigenvalue weighted by atomic mass is 32.2. The zero-order chi connectivity index (χ0) is 23.9. The van der Waals surface area contributed by atoms with Crippen molar-refractivity contribution in [2.75, 3.05) is 40.6 Å². The maximum atomic E-state index is 12.2. The lowest BCUT2D eigenvalue weighted by atomic mass is 10.2. The molecular weight excluding hydrogens is 476 g/mol. The molecule has 0 unspecified atom stereocenters. The number of nitrogens with zero attached hydrogens (tertiary/aromatic N) is 3. The minimum Gasteiger partial charge on any atom is -0.487 e. The number of carbonyl (C=O) groups is 1. The summed E-state index contributed by atoms with van der Waals surface area (Å²) in [5.74, 6) is 1.23. The summed E-state index contributed by atoms with van der Waals surface area (Å²) in [5, 5.41) is 4.62. The molecule has 1 saturated carbocycles. The van der Waals surface area contributed by atoms with Crippen molar-refractivity contribution >= 4 is 39.9 Å². The van der Waals surface area contributed by atoms with Crippen molar-refractivity contribution in [2.24, 2.45) is 0 Å². The molecule has 1 N–H and O–H groups in total. The Morgan fingerprint density at radius 2 is 1.79 bits per heavy atom. The number of fused-ring (bicyclic) bond motifs is 1. The summed E-state index contributed by atoms with van der Waals surface area (Å²) in [5.41, 5.74) is 1.61. The van der Waals surface area contributed by atoms with E-state index in [1.54, 1.807) is 14.2 Å². The topological polar surface area (TPSA) is 105 Å². The molecule has 9 nitrogen and oxygen atoms in total. The number of nitrogens with one attached hydrogen (secondary N) is 1. The first kappa shape index (κ1) is 24.6. The van der Waals surface area contributed by atoms with Crippen LogP contribution >= 0.6 is 23.1 Å². The SMILES string of the molecule is COCCOc1cc2ncnc(Sc3nc(C)c(CC(=O)NC4CC4)s3)c2cc1OCCOC. The second-order valence-electron chi connectivity index (χ2n) is 7.79. The summed E-state index contributed by atoms with van der Waals surface area (Å²) in [6.07, 6.45) is 4.03. The number of rotatable bonds is 13. The quantitative estimate of drug-likeness (QED) is 0.277. The van der Waals surface area contributed by atoms with Gasteiger partial charge >= 0.3 is 0 Å². The molecule has 4 rings (SSSR count). The van der Waals surface area contributed by atoms with Gasteiger partial charge in [0, 0.05) is 36.6 Å². The molecule has 3 aromatic rings. The van der Waals surface area contributed by atoms with E-state index in [2.05, 4.69) is 20.3 Å². The highest BCUT2D eigenvalue weighted by Gasteiger charge is 2.24. The predicted molar refractivity (Wildman–Crippen MR) is 130 cm³/mol. The predicted octanol–water partition coefficient (Wildman–Crippen LogP) is 3.42. The van der Waals surface area contributed by atoms with Gasteiger partial charge in [-0.1, -0.05) is 0 Å². The van der Waals surface area contributed by atoms with Crippen molar-refractivity contribution < 1.29 is 23.7 Å². The van der Waals surface area contributed by atoms with Gasteiger partial charge in [0.1, 0.15) is 24.6 Å². The maximum Gasteiger partial charge on any atom is 0.225 e. The number of thiazole rings is 1. The van der Waals surface area contributed by atoms with Gasteiger partial charge in [-0.25, -0.2) is 15.0 Å². The van der Waals surface area contributed by atoms with E-state index in [4.69, 9.17) is 18.9 Å². The third-order valence-electron chi connectivity index (χ3n) is 5.07. The van der Waals surface area contributed by atoms with Crippen molar-refractivity contribution in [3.8, 4) is 11.5 Å². The monoisotopic (exact) mass is 504 g/mol. The normalized spacial score (nSPS) is 13.3. The molecule has 1 fully saturated rings. The van der Waals surface area contributed by atoms with Gasteiger partial charge in [0.2, 0.25) is 5.91 Å². The van der Waals surface area contributed by atoms with E-state index in [9.17, 15) is 4.79 Å². The van der Waals surface area contributed by atoms with Crippen LogP contribution in [-0.4, -0.2) is 67.5 Å². The number of aromatic nitrogens is 3. The van der Waals surface area contributed by atoms with Crippen molar-refractivity contribution in [1.29, 1.82) is 0 Å². The van der Waals surface area contributed by atoms with E-state index in [-0.39, 0.29) is 5.91 Å². The van der Waals surface area contributed by atoms with Crippen LogP contribution in [0.2, 0.25) is 0 Å². The van der Waals surface area contributed by atoms with E-state index < -0.39 is 0 Å². The Labute approximate surface area is 206 Å². The third kappa shape index (κ3) is 6.56. The van der Waals surface area contributed by atoms with E-state index in [1.807, 2.05) is 19.1 Å². The lowest BCUT2D eigenvalue weighted by molar-refractivity contribution is -0.120. The second kappa shape index (κ2) is 11.8. The average Bonchev–Trinajstić information content (AvgIpc) is 3.56. The Morgan fingerprint density at radius 3 is 2.47 bits per heavy atom. The molecule has 0 aliphatic heterocycles. The summed E-state index contributed by atoms with van der Waals surface area (Å²) in [6, 6.07) is 4.09. The smallest absolute Gasteiger partial charge is 0.225 e. The summed E-state index contributed by atoms with van der Waals surface area (Å²) in [7, 11) is 3.25. The molecule has 1 aromatic carbocycles. The van der Waals surface area contributed by atoms with Crippen LogP contribution in [0.15, 0.2) is 27.8 Å². The van der Waals surface area contributed by atoms with Gasteiger partial charge in [-0.05, 0) is 37.6 Å². The molecule has 0 atom stereocenters. The average molecular weight is 505 g/mol. The molecule has 1 aliphatic rings. The zero-order valence-electron chi connectivity index (χ0n) is 19.5. The maximum absolute atomic E-state index is 12.2. The molecule has 0 spiro atoms. The summed E-state index contributed by atoms with van der Waals surface area (Å²) < 4.78 is 22.8. The number of hydrogen-bond acceptors (Lipinski definition) is 10. The number of aryl methyl sites for hydroxylation is 1. The van der Waals surface area contributed by atoms with E-state index in [0.717, 1.165) is 43.7 Å². The first-order valence-corrected chi connectivity index (χ1v) is 12.7. The Kier molecular flexibility index (Phi) is 8.54. The zero-order valence-corrected chi connectivity index (χ0v) is 21.1. The van der Waals surface area contributed by atoms with Gasteiger partial charge in [-0.3, -0.25) is 4.79 Å². The van der Waals surface area contributed by atoms with Crippen molar-refractivity contribution in [3.05, 3.63) is 29.0 Å². The summed E-state index contributed by atoms with van der Waals surface area (Å²) in [6.45, 7) is 3.63. The Bertz CT molecular complexity index is 1140. The van der Waals surface area contributed by atoms with Crippen molar-refractivity contribution in [2.45, 2.75) is 41.6 Å². The fourth-order valence-corrected chi connectivity index (χ4v) is 5.38. The van der Waals surface area contributed by atoms with Gasteiger partial charge in [0.15, 0.2) is 15.8 Å². The van der Waals surface area contributed by atoms with Gasteiger partial charge in [-0.2, -0.15) is 0 Å². The first-order chi connectivity index (χ1) is 16.6. The molecule has 182 valence electrons. The lowest BCUT2D eigenvalue weighted by Crippen LogP contribution is -2.26. The number of ether oxygens (including phenoxy) is 4. The van der Waals surface area contributed by atoms with Crippen LogP contribution in [0.1, 0.15) is 23.4 Å².